The zero-order chi connectivity index (χ0) is 17.8. The van der Waals surface area contributed by atoms with Crippen LogP contribution in [0.2, 0.25) is 0 Å². The number of rotatable bonds is 7. The van der Waals surface area contributed by atoms with Crippen molar-refractivity contribution in [2.24, 2.45) is 5.92 Å². The van der Waals surface area contributed by atoms with Gasteiger partial charge in [0.2, 0.25) is 0 Å². The van der Waals surface area contributed by atoms with Crippen LogP contribution in [0, 0.1) is 5.92 Å². The molecule has 1 N–H and O–H groups in total. The Bertz CT molecular complexity index is 854. The van der Waals surface area contributed by atoms with E-state index in [9.17, 15) is 4.79 Å². The number of carbonyl (C=O) groups is 1. The second-order valence-corrected chi connectivity index (χ2v) is 7.05. The van der Waals surface area contributed by atoms with Gasteiger partial charge in [-0.2, -0.15) is 0 Å². The number of aromatic nitrogens is 1. The largest absolute Gasteiger partial charge is 0.312 e. The smallest absolute Gasteiger partial charge is 0.162 e. The van der Waals surface area contributed by atoms with E-state index in [4.69, 9.17) is 4.98 Å². The standard InChI is InChI=1S/C22H26N2O/c1-4-7-21(25)16-8-5-10-18-19-11-6-9-17(14-23-13-15(2)3)22(19)24-20(18)12-16/h5-6,8-12,15,23H,4,7,13-14H2,1-3H3. The number of carbonyl (C=O) groups excluding carboxylic acids is 1. The van der Waals surface area contributed by atoms with Gasteiger partial charge in [-0.15, -0.1) is 0 Å². The van der Waals surface area contributed by atoms with Gasteiger partial charge in [0.25, 0.3) is 0 Å². The molecule has 0 radical (unpaired) electrons. The molecule has 2 aliphatic rings. The summed E-state index contributed by atoms with van der Waals surface area (Å²) in [6.07, 6.45) is 1.44. The summed E-state index contributed by atoms with van der Waals surface area (Å²) >= 11 is 0. The molecule has 1 aromatic rings. The minimum absolute atomic E-state index is 0.186. The van der Waals surface area contributed by atoms with Crippen LogP contribution in [0.1, 0.15) is 49.5 Å². The summed E-state index contributed by atoms with van der Waals surface area (Å²) < 4.78 is 0. The minimum atomic E-state index is 0.186. The molecule has 0 unspecified atom stereocenters. The van der Waals surface area contributed by atoms with Crippen molar-refractivity contribution >= 4 is 16.7 Å². The van der Waals surface area contributed by atoms with E-state index in [1.165, 1.54) is 5.56 Å². The number of Topliss-reactive ketones (excluding diaryl/α,β-unsaturated/α-hetero) is 1. The van der Waals surface area contributed by atoms with Crippen LogP contribution in [0.3, 0.4) is 0 Å². The lowest BCUT2D eigenvalue weighted by Gasteiger charge is -2.07. The molecule has 3 rings (SSSR count). The SMILES string of the molecule is CCCC(=O)c1cccc2c3cccc(CNCC(C)C)c3nc-2c1. The predicted octanol–water partition coefficient (Wildman–Crippen LogP) is 5.07. The van der Waals surface area contributed by atoms with Crippen molar-refractivity contribution in [2.75, 3.05) is 6.54 Å². The number of hydrogen-bond donors (Lipinski definition) is 1. The van der Waals surface area contributed by atoms with E-state index < -0.39 is 0 Å². The van der Waals surface area contributed by atoms with Crippen molar-refractivity contribution in [1.82, 2.24) is 10.3 Å². The van der Waals surface area contributed by atoms with E-state index in [1.54, 1.807) is 0 Å². The van der Waals surface area contributed by atoms with Gasteiger partial charge < -0.3 is 5.32 Å². The van der Waals surface area contributed by atoms with E-state index >= 15 is 0 Å². The number of ketones is 1. The highest BCUT2D eigenvalue weighted by Gasteiger charge is 2.15. The highest BCUT2D eigenvalue weighted by Crippen LogP contribution is 2.32. The third-order valence-corrected chi connectivity index (χ3v) is 4.42. The van der Waals surface area contributed by atoms with Crippen molar-refractivity contribution in [3.05, 3.63) is 53.6 Å². The quantitative estimate of drug-likeness (QED) is 0.614. The maximum Gasteiger partial charge on any atom is 0.162 e. The van der Waals surface area contributed by atoms with Crippen LogP contribution in [0.4, 0.5) is 0 Å². The van der Waals surface area contributed by atoms with Crippen molar-refractivity contribution in [3.8, 4) is 11.3 Å². The molecular formula is C22H26N2O. The molecule has 0 saturated carbocycles. The zero-order valence-corrected chi connectivity index (χ0v) is 15.3. The average molecular weight is 334 g/mol. The van der Waals surface area contributed by atoms with Gasteiger partial charge in [-0.3, -0.25) is 4.79 Å². The normalized spacial score (nSPS) is 11.5. The van der Waals surface area contributed by atoms with E-state index in [0.717, 1.165) is 47.2 Å². The highest BCUT2D eigenvalue weighted by atomic mass is 16.1. The fourth-order valence-electron chi connectivity index (χ4n) is 3.17. The maximum absolute atomic E-state index is 12.3. The summed E-state index contributed by atoms with van der Waals surface area (Å²) in [4.78, 5) is 17.1. The predicted molar refractivity (Wildman–Crippen MR) is 104 cm³/mol. The molecule has 1 aromatic carbocycles. The Morgan fingerprint density at radius 3 is 2.72 bits per heavy atom. The van der Waals surface area contributed by atoms with Gasteiger partial charge in [-0.05, 0) is 30.5 Å². The molecule has 3 heteroatoms. The van der Waals surface area contributed by atoms with Crippen LogP contribution in [0.15, 0.2) is 42.5 Å². The summed E-state index contributed by atoms with van der Waals surface area (Å²) in [5, 5.41) is 4.65. The third-order valence-electron chi connectivity index (χ3n) is 4.42. The third kappa shape index (κ3) is 3.88. The molecule has 1 aliphatic carbocycles. The number of fused-ring (bicyclic) bond motifs is 3. The first-order chi connectivity index (χ1) is 12.1. The van der Waals surface area contributed by atoms with Crippen LogP contribution >= 0.6 is 0 Å². The lowest BCUT2D eigenvalue weighted by molar-refractivity contribution is 0.0982. The zero-order valence-electron chi connectivity index (χ0n) is 15.3. The van der Waals surface area contributed by atoms with E-state index in [0.29, 0.717) is 12.3 Å². The Balaban J connectivity index is 2.01. The van der Waals surface area contributed by atoms with Gasteiger partial charge in [-0.25, -0.2) is 4.98 Å². The van der Waals surface area contributed by atoms with Crippen LogP contribution in [-0.4, -0.2) is 17.3 Å². The monoisotopic (exact) mass is 334 g/mol. The first-order valence-corrected chi connectivity index (χ1v) is 9.15. The van der Waals surface area contributed by atoms with Gasteiger partial charge in [0, 0.05) is 29.5 Å². The molecule has 0 spiro atoms. The van der Waals surface area contributed by atoms with Crippen molar-refractivity contribution in [3.63, 3.8) is 0 Å². The Labute approximate surface area is 149 Å². The van der Waals surface area contributed by atoms with Gasteiger partial charge in [-0.1, -0.05) is 57.2 Å². The molecule has 0 atom stereocenters. The maximum atomic E-state index is 12.3. The Morgan fingerprint density at radius 1 is 1.16 bits per heavy atom. The average Bonchev–Trinajstić information content (AvgIpc) is 2.79. The van der Waals surface area contributed by atoms with Crippen LogP contribution in [0.25, 0.3) is 22.2 Å². The van der Waals surface area contributed by atoms with Crippen molar-refractivity contribution in [1.29, 1.82) is 0 Å². The van der Waals surface area contributed by atoms with Gasteiger partial charge >= 0.3 is 0 Å². The van der Waals surface area contributed by atoms with Gasteiger partial charge in [0.05, 0.1) is 11.2 Å². The molecule has 3 nitrogen and oxygen atoms in total. The lowest BCUT2D eigenvalue weighted by Crippen LogP contribution is -2.19. The number of nitrogens with zero attached hydrogens (tertiary/aromatic N) is 1. The second kappa shape index (κ2) is 7.75. The fraction of sp³-hybridized carbons (Fsp3) is 0.364. The molecule has 0 fully saturated rings. The van der Waals surface area contributed by atoms with E-state index in [2.05, 4.69) is 43.4 Å². The highest BCUT2D eigenvalue weighted by molar-refractivity contribution is 6.01. The van der Waals surface area contributed by atoms with Crippen LogP contribution in [0.5, 0.6) is 0 Å². The number of nitrogens with one attached hydrogen (secondary N) is 1. The minimum Gasteiger partial charge on any atom is -0.312 e. The van der Waals surface area contributed by atoms with Gasteiger partial charge in [0.15, 0.2) is 5.78 Å². The molecular weight excluding hydrogens is 308 g/mol. The summed E-state index contributed by atoms with van der Waals surface area (Å²) in [7, 11) is 0. The van der Waals surface area contributed by atoms with E-state index in [-0.39, 0.29) is 5.78 Å². The molecule has 25 heavy (non-hydrogen) atoms. The Kier molecular flexibility index (Phi) is 5.44. The Morgan fingerprint density at radius 2 is 1.96 bits per heavy atom. The summed E-state index contributed by atoms with van der Waals surface area (Å²) in [5.41, 5.74) is 5.00. The van der Waals surface area contributed by atoms with Crippen molar-refractivity contribution in [2.45, 2.75) is 40.2 Å². The molecule has 0 saturated heterocycles. The summed E-state index contributed by atoms with van der Waals surface area (Å²) in [5.74, 6) is 0.808. The molecule has 0 amide bonds. The Hall–Kier alpha value is -2.26. The lowest BCUT2D eigenvalue weighted by atomic mass is 10.1. The molecule has 0 bridgehead atoms. The topological polar surface area (TPSA) is 42.0 Å². The second-order valence-electron chi connectivity index (χ2n) is 7.05. The fourth-order valence-corrected chi connectivity index (χ4v) is 3.17. The summed E-state index contributed by atoms with van der Waals surface area (Å²) in [6.45, 7) is 8.24. The van der Waals surface area contributed by atoms with Gasteiger partial charge in [0.1, 0.15) is 0 Å². The first-order valence-electron chi connectivity index (χ1n) is 9.15. The first kappa shape index (κ1) is 17.6. The van der Waals surface area contributed by atoms with Crippen molar-refractivity contribution < 1.29 is 4.79 Å². The van der Waals surface area contributed by atoms with Crippen LogP contribution < -0.4 is 5.32 Å². The number of para-hydroxylation sites is 1. The number of benzene rings is 1. The van der Waals surface area contributed by atoms with Crippen LogP contribution in [-0.2, 0) is 6.54 Å². The molecule has 1 heterocycles. The molecule has 1 aliphatic heterocycles. The molecule has 130 valence electrons. The number of hydrogen-bond acceptors (Lipinski definition) is 3. The van der Waals surface area contributed by atoms with E-state index in [1.807, 2.05) is 25.1 Å². The summed E-state index contributed by atoms with van der Waals surface area (Å²) in [6, 6.07) is 14.2. The molecule has 0 aromatic heterocycles.